The molecular weight excluding hydrogens is 344 g/mol. The molecule has 0 saturated heterocycles. The highest BCUT2D eigenvalue weighted by atomic mass is 32.1. The van der Waals surface area contributed by atoms with E-state index < -0.39 is 0 Å². The predicted molar refractivity (Wildman–Crippen MR) is 106 cm³/mol. The molecule has 6 heteroatoms. The molecule has 0 radical (unpaired) electrons. The number of nitrogens with one attached hydrogen (secondary N) is 2. The van der Waals surface area contributed by atoms with Crippen molar-refractivity contribution < 1.29 is 9.69 Å². The van der Waals surface area contributed by atoms with Gasteiger partial charge in [-0.25, -0.2) is 4.68 Å². The van der Waals surface area contributed by atoms with E-state index in [-0.39, 0.29) is 5.91 Å². The van der Waals surface area contributed by atoms with Crippen LogP contribution in [0.1, 0.15) is 22.5 Å². The van der Waals surface area contributed by atoms with Crippen LogP contribution in [0.4, 0.5) is 5.69 Å². The highest BCUT2D eigenvalue weighted by Gasteiger charge is 2.17. The second kappa shape index (κ2) is 7.85. The summed E-state index contributed by atoms with van der Waals surface area (Å²) in [5.41, 5.74) is 6.04. The van der Waals surface area contributed by atoms with Gasteiger partial charge in [0.25, 0.3) is 5.91 Å². The Hall–Kier alpha value is -2.44. The number of thiophene rings is 1. The monoisotopic (exact) mass is 369 g/mol. The Morgan fingerprint density at radius 3 is 2.58 bits per heavy atom. The number of likely N-dealkylation sites (N-methyl/N-ethyl adjacent to an activating group) is 1. The summed E-state index contributed by atoms with van der Waals surface area (Å²) in [6, 6.07) is 10.3. The fourth-order valence-electron chi connectivity index (χ4n) is 3.02. The maximum Gasteiger partial charge on any atom is 0.279 e. The molecule has 5 nitrogen and oxygen atoms in total. The van der Waals surface area contributed by atoms with Gasteiger partial charge in [-0.1, -0.05) is 17.7 Å². The summed E-state index contributed by atoms with van der Waals surface area (Å²) in [5, 5.41) is 11.8. The Bertz CT molecular complexity index is 881. The molecule has 1 unspecified atom stereocenters. The number of hydrogen-bond donors (Lipinski definition) is 2. The number of quaternary nitrogens is 1. The van der Waals surface area contributed by atoms with Gasteiger partial charge in [-0.15, -0.1) is 0 Å². The van der Waals surface area contributed by atoms with E-state index >= 15 is 0 Å². The summed E-state index contributed by atoms with van der Waals surface area (Å²) in [7, 11) is 2.03. The molecule has 26 heavy (non-hydrogen) atoms. The maximum absolute atomic E-state index is 12.5. The zero-order valence-electron chi connectivity index (χ0n) is 15.7. The Morgan fingerprint density at radius 1 is 1.19 bits per heavy atom. The van der Waals surface area contributed by atoms with Crippen LogP contribution >= 0.6 is 11.3 Å². The van der Waals surface area contributed by atoms with Gasteiger partial charge in [-0.2, -0.15) is 16.4 Å². The lowest BCUT2D eigenvalue weighted by atomic mass is 10.2. The third-order valence-corrected chi connectivity index (χ3v) is 5.11. The van der Waals surface area contributed by atoms with E-state index in [1.54, 1.807) is 11.3 Å². The molecule has 2 heterocycles. The summed E-state index contributed by atoms with van der Waals surface area (Å²) in [6.07, 6.45) is 0. The summed E-state index contributed by atoms with van der Waals surface area (Å²) in [5.74, 6) is 0.00684. The third-order valence-electron chi connectivity index (χ3n) is 4.38. The predicted octanol–water partition coefficient (Wildman–Crippen LogP) is 2.51. The van der Waals surface area contributed by atoms with Crippen LogP contribution in [0.5, 0.6) is 0 Å². The molecular formula is C20H25N4OS+. The topological polar surface area (TPSA) is 51.4 Å². The Labute approximate surface area is 158 Å². The number of anilines is 1. The fourth-order valence-corrected chi connectivity index (χ4v) is 3.69. The molecule has 136 valence electrons. The zero-order chi connectivity index (χ0) is 18.7. The maximum atomic E-state index is 12.5. The number of carbonyl (C=O) groups excluding carboxylic acids is 1. The van der Waals surface area contributed by atoms with Crippen LogP contribution in [0.15, 0.2) is 41.1 Å². The molecule has 3 rings (SSSR count). The van der Waals surface area contributed by atoms with Crippen LogP contribution < -0.4 is 10.2 Å². The van der Waals surface area contributed by atoms with Gasteiger partial charge in [-0.3, -0.25) is 4.79 Å². The number of amides is 1. The van der Waals surface area contributed by atoms with Crippen LogP contribution in [0.25, 0.3) is 5.69 Å². The van der Waals surface area contributed by atoms with Crippen molar-refractivity contribution in [2.75, 3.05) is 18.9 Å². The standard InChI is InChI=1S/C20H24N4OS/c1-14-5-7-18(8-6-14)24-16(3)20(15(2)22-24)21-19(25)12-23(4)11-17-9-10-26-13-17/h5-10,13H,11-12H2,1-4H3,(H,21,25)/p+1. The van der Waals surface area contributed by atoms with Crippen LogP contribution in [-0.4, -0.2) is 29.3 Å². The zero-order valence-corrected chi connectivity index (χ0v) is 16.5. The van der Waals surface area contributed by atoms with Crippen LogP contribution in [0.3, 0.4) is 0 Å². The van der Waals surface area contributed by atoms with Crippen molar-refractivity contribution in [3.63, 3.8) is 0 Å². The summed E-state index contributed by atoms with van der Waals surface area (Å²) in [6.45, 7) is 7.24. The summed E-state index contributed by atoms with van der Waals surface area (Å²) in [4.78, 5) is 13.6. The van der Waals surface area contributed by atoms with Gasteiger partial charge in [0.1, 0.15) is 6.54 Å². The molecule has 0 aliphatic carbocycles. The minimum Gasteiger partial charge on any atom is -0.326 e. The Morgan fingerprint density at radius 2 is 1.92 bits per heavy atom. The van der Waals surface area contributed by atoms with Crippen molar-refractivity contribution in [2.24, 2.45) is 0 Å². The van der Waals surface area contributed by atoms with E-state index in [2.05, 4.69) is 46.3 Å². The van der Waals surface area contributed by atoms with Gasteiger partial charge < -0.3 is 10.2 Å². The van der Waals surface area contributed by atoms with E-state index in [1.165, 1.54) is 11.1 Å². The van der Waals surface area contributed by atoms with E-state index in [0.717, 1.165) is 34.2 Å². The number of aromatic nitrogens is 2. The minimum absolute atomic E-state index is 0.00684. The minimum atomic E-state index is 0.00684. The fraction of sp³-hybridized carbons (Fsp3) is 0.300. The lowest BCUT2D eigenvalue weighted by Gasteiger charge is -2.13. The van der Waals surface area contributed by atoms with Crippen molar-refractivity contribution in [3.05, 3.63) is 63.6 Å². The largest absolute Gasteiger partial charge is 0.326 e. The van der Waals surface area contributed by atoms with Crippen molar-refractivity contribution in [3.8, 4) is 5.69 Å². The van der Waals surface area contributed by atoms with Gasteiger partial charge in [0.05, 0.1) is 29.8 Å². The van der Waals surface area contributed by atoms with Crippen molar-refractivity contribution in [1.82, 2.24) is 9.78 Å². The Kier molecular flexibility index (Phi) is 5.54. The summed E-state index contributed by atoms with van der Waals surface area (Å²) < 4.78 is 1.88. The second-order valence-electron chi connectivity index (χ2n) is 6.78. The first-order chi connectivity index (χ1) is 12.4. The molecule has 0 bridgehead atoms. The number of nitrogens with zero attached hydrogens (tertiary/aromatic N) is 2. The molecule has 0 spiro atoms. The lowest BCUT2D eigenvalue weighted by molar-refractivity contribution is -0.885. The van der Waals surface area contributed by atoms with Crippen LogP contribution in [0, 0.1) is 20.8 Å². The quantitative estimate of drug-likeness (QED) is 0.701. The van der Waals surface area contributed by atoms with Gasteiger partial charge >= 0.3 is 0 Å². The van der Waals surface area contributed by atoms with Gasteiger partial charge in [-0.05, 0) is 49.7 Å². The van der Waals surface area contributed by atoms with Gasteiger partial charge in [0.2, 0.25) is 0 Å². The second-order valence-corrected chi connectivity index (χ2v) is 7.56. The van der Waals surface area contributed by atoms with Crippen molar-refractivity contribution >= 4 is 22.9 Å². The van der Waals surface area contributed by atoms with Gasteiger partial charge in [0, 0.05) is 5.56 Å². The molecule has 2 aromatic heterocycles. The number of aryl methyl sites for hydroxylation is 2. The van der Waals surface area contributed by atoms with E-state index in [1.807, 2.05) is 37.7 Å². The number of rotatable bonds is 6. The van der Waals surface area contributed by atoms with E-state index in [4.69, 9.17) is 0 Å². The first-order valence-electron chi connectivity index (χ1n) is 8.69. The average molecular weight is 370 g/mol. The van der Waals surface area contributed by atoms with Crippen LogP contribution in [0.2, 0.25) is 0 Å². The first kappa shape index (κ1) is 18.4. The molecule has 0 fully saturated rings. The third kappa shape index (κ3) is 4.20. The molecule has 3 aromatic rings. The number of benzene rings is 1. The molecule has 0 saturated carbocycles. The molecule has 0 aliphatic rings. The Balaban J connectivity index is 1.69. The molecule has 1 amide bonds. The molecule has 2 N–H and O–H groups in total. The summed E-state index contributed by atoms with van der Waals surface area (Å²) >= 11 is 1.68. The van der Waals surface area contributed by atoms with Gasteiger partial charge in [0.15, 0.2) is 6.54 Å². The smallest absolute Gasteiger partial charge is 0.279 e. The van der Waals surface area contributed by atoms with E-state index in [0.29, 0.717) is 6.54 Å². The van der Waals surface area contributed by atoms with Crippen molar-refractivity contribution in [2.45, 2.75) is 27.3 Å². The van der Waals surface area contributed by atoms with Crippen molar-refractivity contribution in [1.29, 1.82) is 0 Å². The van der Waals surface area contributed by atoms with E-state index in [9.17, 15) is 4.79 Å². The molecule has 1 atom stereocenters. The lowest BCUT2D eigenvalue weighted by Crippen LogP contribution is -3.08. The highest BCUT2D eigenvalue weighted by molar-refractivity contribution is 7.07. The number of hydrogen-bond acceptors (Lipinski definition) is 3. The van der Waals surface area contributed by atoms with Crippen LogP contribution in [-0.2, 0) is 11.3 Å². The molecule has 0 aliphatic heterocycles. The number of carbonyl (C=O) groups is 1. The average Bonchev–Trinajstić information content (AvgIpc) is 3.19. The molecule has 1 aromatic carbocycles. The first-order valence-corrected chi connectivity index (χ1v) is 9.64. The highest BCUT2D eigenvalue weighted by Crippen LogP contribution is 2.22. The SMILES string of the molecule is Cc1ccc(-n2nc(C)c(NC(=O)C[NH+](C)Cc3ccsc3)c2C)cc1. The normalized spacial score (nSPS) is 12.2.